The van der Waals surface area contributed by atoms with Crippen molar-refractivity contribution in [3.05, 3.63) is 30.1 Å². The highest BCUT2D eigenvalue weighted by atomic mass is 15.1. The molecule has 0 aliphatic heterocycles. The van der Waals surface area contributed by atoms with Crippen LogP contribution in [0, 0.1) is 0 Å². The molecule has 182 valence electrons. The molecule has 3 aromatic rings. The molecular formula is C27H44N6. The summed E-state index contributed by atoms with van der Waals surface area (Å²) in [5.41, 5.74) is 15.0. The summed E-state index contributed by atoms with van der Waals surface area (Å²) in [6, 6.07) is 8.30. The van der Waals surface area contributed by atoms with Gasteiger partial charge in [-0.25, -0.2) is 9.97 Å². The molecule has 0 aliphatic rings. The summed E-state index contributed by atoms with van der Waals surface area (Å²) in [7, 11) is 0. The molecule has 0 aliphatic carbocycles. The number of benzene rings is 1. The van der Waals surface area contributed by atoms with E-state index >= 15 is 0 Å². The van der Waals surface area contributed by atoms with Crippen molar-refractivity contribution in [1.29, 1.82) is 0 Å². The zero-order valence-electron chi connectivity index (χ0n) is 20.9. The van der Waals surface area contributed by atoms with Crippen molar-refractivity contribution in [2.45, 2.75) is 84.6 Å². The first-order chi connectivity index (χ1) is 16.2. The Balaban J connectivity index is 1.73. The lowest BCUT2D eigenvalue weighted by molar-refractivity contribution is 0.256. The van der Waals surface area contributed by atoms with Gasteiger partial charge in [-0.3, -0.25) is 0 Å². The molecule has 0 saturated heterocycles. The van der Waals surface area contributed by atoms with Gasteiger partial charge in [0.2, 0.25) is 0 Å². The fourth-order valence-corrected chi connectivity index (χ4v) is 4.68. The minimum Gasteiger partial charge on any atom is -0.382 e. The van der Waals surface area contributed by atoms with Crippen LogP contribution in [0.5, 0.6) is 0 Å². The van der Waals surface area contributed by atoms with Gasteiger partial charge in [-0.1, -0.05) is 51.3 Å². The zero-order valence-corrected chi connectivity index (χ0v) is 20.9. The molecule has 6 heteroatoms. The molecular weight excluding hydrogens is 408 g/mol. The summed E-state index contributed by atoms with van der Waals surface area (Å²) in [4.78, 5) is 12.2. The second-order valence-electron chi connectivity index (χ2n) is 9.25. The Morgan fingerprint density at radius 2 is 1.55 bits per heavy atom. The van der Waals surface area contributed by atoms with Gasteiger partial charge in [-0.05, 0) is 70.8 Å². The normalized spacial score (nSPS) is 11.9. The Kier molecular flexibility index (Phi) is 10.4. The monoisotopic (exact) mass is 452 g/mol. The van der Waals surface area contributed by atoms with Crippen LogP contribution in [-0.2, 0) is 13.0 Å². The summed E-state index contributed by atoms with van der Waals surface area (Å²) in [6.45, 7) is 9.82. The SMILES string of the molecule is CCCCCN(CCCCN)CCCCn1c(CCCC)nc2c(N)nc3ccccc3c21. The van der Waals surface area contributed by atoms with E-state index in [1.807, 2.05) is 12.1 Å². The lowest BCUT2D eigenvalue weighted by Gasteiger charge is -2.22. The maximum absolute atomic E-state index is 6.34. The number of anilines is 1. The first-order valence-corrected chi connectivity index (χ1v) is 13.1. The molecule has 2 aromatic heterocycles. The van der Waals surface area contributed by atoms with Gasteiger partial charge >= 0.3 is 0 Å². The zero-order chi connectivity index (χ0) is 23.5. The van der Waals surface area contributed by atoms with Crippen molar-refractivity contribution in [1.82, 2.24) is 19.4 Å². The largest absolute Gasteiger partial charge is 0.382 e. The number of imidazole rings is 1. The molecule has 0 bridgehead atoms. The Hall–Kier alpha value is -2.18. The van der Waals surface area contributed by atoms with Gasteiger partial charge in [0.25, 0.3) is 0 Å². The van der Waals surface area contributed by atoms with E-state index < -0.39 is 0 Å². The van der Waals surface area contributed by atoms with Crippen molar-refractivity contribution >= 4 is 27.8 Å². The number of nitrogens with two attached hydrogens (primary N) is 2. The highest BCUT2D eigenvalue weighted by Crippen LogP contribution is 2.29. The van der Waals surface area contributed by atoms with Gasteiger partial charge in [0, 0.05) is 18.4 Å². The third-order valence-corrected chi connectivity index (χ3v) is 6.56. The number of aromatic nitrogens is 3. The highest BCUT2D eigenvalue weighted by molar-refractivity contribution is 6.06. The Morgan fingerprint density at radius 3 is 2.27 bits per heavy atom. The topological polar surface area (TPSA) is 86.0 Å². The smallest absolute Gasteiger partial charge is 0.152 e. The Labute approximate surface area is 199 Å². The molecule has 33 heavy (non-hydrogen) atoms. The van der Waals surface area contributed by atoms with E-state index in [9.17, 15) is 0 Å². The summed E-state index contributed by atoms with van der Waals surface area (Å²) >= 11 is 0. The summed E-state index contributed by atoms with van der Waals surface area (Å²) in [6.07, 6.45) is 11.8. The number of pyridine rings is 1. The lowest BCUT2D eigenvalue weighted by atomic mass is 10.1. The Morgan fingerprint density at radius 1 is 0.848 bits per heavy atom. The van der Waals surface area contributed by atoms with Crippen LogP contribution in [0.2, 0.25) is 0 Å². The van der Waals surface area contributed by atoms with E-state index in [4.69, 9.17) is 16.5 Å². The molecule has 6 nitrogen and oxygen atoms in total. The summed E-state index contributed by atoms with van der Waals surface area (Å²) in [5.74, 6) is 1.70. The van der Waals surface area contributed by atoms with Crippen LogP contribution < -0.4 is 11.5 Å². The van der Waals surface area contributed by atoms with Crippen molar-refractivity contribution in [3.63, 3.8) is 0 Å². The maximum Gasteiger partial charge on any atom is 0.152 e. The first-order valence-electron chi connectivity index (χ1n) is 13.1. The number of aryl methyl sites for hydroxylation is 2. The van der Waals surface area contributed by atoms with E-state index in [2.05, 4.69) is 40.4 Å². The van der Waals surface area contributed by atoms with Crippen LogP contribution >= 0.6 is 0 Å². The number of hydrogen-bond donors (Lipinski definition) is 2. The fraction of sp³-hybridized carbons (Fsp3) is 0.630. The molecule has 0 amide bonds. The molecule has 0 fully saturated rings. The summed E-state index contributed by atoms with van der Waals surface area (Å²) in [5, 5.41) is 1.15. The third-order valence-electron chi connectivity index (χ3n) is 6.56. The van der Waals surface area contributed by atoms with Crippen molar-refractivity contribution in [2.75, 3.05) is 31.9 Å². The van der Waals surface area contributed by atoms with Crippen molar-refractivity contribution in [2.24, 2.45) is 5.73 Å². The molecule has 0 radical (unpaired) electrons. The van der Waals surface area contributed by atoms with Crippen LogP contribution in [-0.4, -0.2) is 45.6 Å². The van der Waals surface area contributed by atoms with E-state index in [1.165, 1.54) is 45.2 Å². The molecule has 0 spiro atoms. The van der Waals surface area contributed by atoms with Crippen LogP contribution in [0.15, 0.2) is 24.3 Å². The molecule has 4 N–H and O–H groups in total. The van der Waals surface area contributed by atoms with Gasteiger partial charge in [0.05, 0.1) is 11.0 Å². The number of rotatable bonds is 16. The van der Waals surface area contributed by atoms with Crippen LogP contribution in [0.4, 0.5) is 5.82 Å². The molecule has 2 heterocycles. The number of para-hydroxylation sites is 1. The minimum atomic E-state index is 0.544. The fourth-order valence-electron chi connectivity index (χ4n) is 4.68. The number of fused-ring (bicyclic) bond motifs is 3. The van der Waals surface area contributed by atoms with E-state index in [-0.39, 0.29) is 0 Å². The van der Waals surface area contributed by atoms with E-state index in [0.717, 1.165) is 79.5 Å². The average molecular weight is 453 g/mol. The van der Waals surface area contributed by atoms with Gasteiger partial charge < -0.3 is 20.9 Å². The quantitative estimate of drug-likeness (QED) is 0.279. The van der Waals surface area contributed by atoms with Crippen LogP contribution in [0.1, 0.15) is 77.5 Å². The third kappa shape index (κ3) is 6.90. The minimum absolute atomic E-state index is 0.544. The van der Waals surface area contributed by atoms with Gasteiger partial charge in [0.15, 0.2) is 5.82 Å². The maximum atomic E-state index is 6.34. The van der Waals surface area contributed by atoms with Crippen molar-refractivity contribution in [3.8, 4) is 0 Å². The molecule has 0 saturated carbocycles. The highest BCUT2D eigenvalue weighted by Gasteiger charge is 2.17. The van der Waals surface area contributed by atoms with E-state index in [0.29, 0.717) is 5.82 Å². The average Bonchev–Trinajstić information content (AvgIpc) is 3.19. The molecule has 1 aromatic carbocycles. The first kappa shape index (κ1) is 25.4. The predicted molar refractivity (Wildman–Crippen MR) is 142 cm³/mol. The standard InChI is InChI=1S/C27H44N6/c1-3-5-10-18-32(19-11-9-17-28)20-12-13-21-33-24(16-6-4-2)31-25-26(33)22-14-7-8-15-23(22)30-27(25)29/h7-8,14-15H,3-6,9-13,16-21,28H2,1-2H3,(H2,29,30). The van der Waals surface area contributed by atoms with Gasteiger partial charge in [-0.15, -0.1) is 0 Å². The molecule has 0 unspecified atom stereocenters. The van der Waals surface area contributed by atoms with Gasteiger partial charge in [-0.2, -0.15) is 0 Å². The molecule has 3 rings (SSSR count). The number of nitrogen functional groups attached to an aromatic ring is 1. The number of hydrogen-bond acceptors (Lipinski definition) is 5. The summed E-state index contributed by atoms with van der Waals surface area (Å²) < 4.78 is 2.43. The van der Waals surface area contributed by atoms with E-state index in [1.54, 1.807) is 0 Å². The molecule has 0 atom stereocenters. The van der Waals surface area contributed by atoms with Crippen LogP contribution in [0.3, 0.4) is 0 Å². The number of nitrogens with zero attached hydrogens (tertiary/aromatic N) is 4. The van der Waals surface area contributed by atoms with Crippen molar-refractivity contribution < 1.29 is 0 Å². The lowest BCUT2D eigenvalue weighted by Crippen LogP contribution is -2.28. The Bertz CT molecular complexity index is 970. The predicted octanol–water partition coefficient (Wildman–Crippen LogP) is 5.52. The number of unbranched alkanes of at least 4 members (excludes halogenated alkanes) is 5. The van der Waals surface area contributed by atoms with Gasteiger partial charge in [0.1, 0.15) is 11.3 Å². The van der Waals surface area contributed by atoms with Crippen LogP contribution in [0.25, 0.3) is 21.9 Å². The second-order valence-corrected chi connectivity index (χ2v) is 9.25. The second kappa shape index (κ2) is 13.5.